The molecular formula is C13H26N2O. The number of nitrogens with two attached hydrogens (primary N) is 1. The van der Waals surface area contributed by atoms with Crippen molar-refractivity contribution in [2.24, 2.45) is 17.6 Å². The van der Waals surface area contributed by atoms with Crippen molar-refractivity contribution in [2.75, 3.05) is 33.4 Å². The van der Waals surface area contributed by atoms with Crippen molar-refractivity contribution in [1.29, 1.82) is 0 Å². The largest absolute Gasteiger partial charge is 0.384 e. The van der Waals surface area contributed by atoms with Crippen LogP contribution in [0.3, 0.4) is 0 Å². The Morgan fingerprint density at radius 3 is 2.75 bits per heavy atom. The van der Waals surface area contributed by atoms with Gasteiger partial charge in [0.25, 0.3) is 0 Å². The fourth-order valence-electron chi connectivity index (χ4n) is 3.66. The van der Waals surface area contributed by atoms with Gasteiger partial charge in [-0.3, -0.25) is 4.90 Å². The molecule has 1 heterocycles. The Morgan fingerprint density at radius 1 is 1.44 bits per heavy atom. The second-order valence-electron chi connectivity index (χ2n) is 5.85. The zero-order chi connectivity index (χ0) is 11.6. The molecule has 94 valence electrons. The first-order valence-electron chi connectivity index (χ1n) is 6.64. The maximum absolute atomic E-state index is 6.01. The van der Waals surface area contributed by atoms with Crippen molar-refractivity contribution in [3.05, 3.63) is 0 Å². The lowest BCUT2D eigenvalue weighted by Crippen LogP contribution is -2.63. The van der Waals surface area contributed by atoms with Gasteiger partial charge in [-0.05, 0) is 44.1 Å². The lowest BCUT2D eigenvalue weighted by atomic mass is 9.67. The first-order valence-corrected chi connectivity index (χ1v) is 6.64. The molecule has 0 aromatic carbocycles. The lowest BCUT2D eigenvalue weighted by molar-refractivity contribution is -0.0458. The van der Waals surface area contributed by atoms with Crippen LogP contribution in [0.15, 0.2) is 0 Å². The van der Waals surface area contributed by atoms with Crippen LogP contribution in [0, 0.1) is 11.8 Å². The highest BCUT2D eigenvalue weighted by molar-refractivity contribution is 5.03. The van der Waals surface area contributed by atoms with E-state index in [-0.39, 0.29) is 0 Å². The molecule has 1 atom stereocenters. The van der Waals surface area contributed by atoms with E-state index in [1.54, 1.807) is 0 Å². The van der Waals surface area contributed by atoms with Gasteiger partial charge in [-0.15, -0.1) is 0 Å². The van der Waals surface area contributed by atoms with E-state index in [0.717, 1.165) is 25.0 Å². The molecule has 0 bridgehead atoms. The summed E-state index contributed by atoms with van der Waals surface area (Å²) in [4.78, 5) is 2.65. The predicted octanol–water partition coefficient (Wildman–Crippen LogP) is 1.47. The fraction of sp³-hybridized carbons (Fsp3) is 1.00. The number of likely N-dealkylation sites (tertiary alicyclic amines) is 1. The molecule has 2 aliphatic rings. The zero-order valence-corrected chi connectivity index (χ0v) is 10.7. The minimum Gasteiger partial charge on any atom is -0.384 e. The van der Waals surface area contributed by atoms with Crippen molar-refractivity contribution in [2.45, 2.75) is 38.1 Å². The number of ether oxygens (including phenoxy) is 1. The minimum atomic E-state index is 0.339. The summed E-state index contributed by atoms with van der Waals surface area (Å²) >= 11 is 0. The summed E-state index contributed by atoms with van der Waals surface area (Å²) in [5, 5.41) is 0. The van der Waals surface area contributed by atoms with E-state index in [2.05, 4.69) is 11.8 Å². The van der Waals surface area contributed by atoms with Gasteiger partial charge in [0.1, 0.15) is 0 Å². The Labute approximate surface area is 99.3 Å². The Balaban J connectivity index is 1.92. The Hall–Kier alpha value is -0.120. The van der Waals surface area contributed by atoms with Gasteiger partial charge in [0.05, 0.1) is 6.61 Å². The monoisotopic (exact) mass is 226 g/mol. The van der Waals surface area contributed by atoms with Crippen LogP contribution in [0.2, 0.25) is 0 Å². The molecule has 1 unspecified atom stereocenters. The molecule has 3 heteroatoms. The molecule has 1 aliphatic carbocycles. The quantitative estimate of drug-likeness (QED) is 0.789. The summed E-state index contributed by atoms with van der Waals surface area (Å²) in [5.74, 6) is 1.59. The van der Waals surface area contributed by atoms with E-state index in [1.807, 2.05) is 7.11 Å². The van der Waals surface area contributed by atoms with Crippen LogP contribution < -0.4 is 5.73 Å². The van der Waals surface area contributed by atoms with E-state index in [9.17, 15) is 0 Å². The van der Waals surface area contributed by atoms with Gasteiger partial charge < -0.3 is 10.5 Å². The Morgan fingerprint density at radius 2 is 2.19 bits per heavy atom. The van der Waals surface area contributed by atoms with Crippen LogP contribution in [0.1, 0.15) is 32.6 Å². The predicted molar refractivity (Wildman–Crippen MR) is 66.4 cm³/mol. The third kappa shape index (κ3) is 2.27. The first kappa shape index (κ1) is 12.3. The molecule has 0 radical (unpaired) electrons. The lowest BCUT2D eigenvalue weighted by Gasteiger charge is -2.55. The second-order valence-corrected chi connectivity index (χ2v) is 5.85. The average molecular weight is 226 g/mol. The van der Waals surface area contributed by atoms with Gasteiger partial charge in [0.15, 0.2) is 0 Å². The maximum atomic E-state index is 6.01. The maximum Gasteiger partial charge on any atom is 0.0502 e. The number of piperidine rings is 1. The number of hydrogen-bond acceptors (Lipinski definition) is 3. The Kier molecular flexibility index (Phi) is 3.88. The summed E-state index contributed by atoms with van der Waals surface area (Å²) in [6, 6.07) is 0. The van der Waals surface area contributed by atoms with Crippen LogP contribution in [0.4, 0.5) is 0 Å². The highest BCUT2D eigenvalue weighted by Gasteiger charge is 2.46. The molecule has 1 saturated heterocycles. The molecule has 16 heavy (non-hydrogen) atoms. The van der Waals surface area contributed by atoms with E-state index < -0.39 is 0 Å². The molecule has 1 aliphatic heterocycles. The third-order valence-corrected chi connectivity index (χ3v) is 4.43. The number of hydrogen-bond donors (Lipinski definition) is 1. The van der Waals surface area contributed by atoms with Crippen molar-refractivity contribution in [3.8, 4) is 0 Å². The van der Waals surface area contributed by atoms with Gasteiger partial charge in [0, 0.05) is 25.7 Å². The van der Waals surface area contributed by atoms with E-state index in [1.165, 1.54) is 38.8 Å². The Bertz CT molecular complexity index is 224. The molecule has 3 nitrogen and oxygen atoms in total. The van der Waals surface area contributed by atoms with E-state index in [4.69, 9.17) is 10.5 Å². The fourth-order valence-corrected chi connectivity index (χ4v) is 3.66. The normalized spacial score (nSPS) is 40.7. The van der Waals surface area contributed by atoms with E-state index in [0.29, 0.717) is 5.54 Å². The van der Waals surface area contributed by atoms with Gasteiger partial charge >= 0.3 is 0 Å². The van der Waals surface area contributed by atoms with Gasteiger partial charge in [-0.25, -0.2) is 0 Å². The van der Waals surface area contributed by atoms with Gasteiger partial charge in [0.2, 0.25) is 0 Å². The molecule has 0 aromatic heterocycles. The van der Waals surface area contributed by atoms with Crippen LogP contribution in [0.25, 0.3) is 0 Å². The summed E-state index contributed by atoms with van der Waals surface area (Å²) in [6.45, 7) is 6.51. The topological polar surface area (TPSA) is 38.5 Å². The van der Waals surface area contributed by atoms with Crippen molar-refractivity contribution < 1.29 is 4.74 Å². The van der Waals surface area contributed by atoms with Crippen molar-refractivity contribution in [3.63, 3.8) is 0 Å². The summed E-state index contributed by atoms with van der Waals surface area (Å²) < 4.78 is 5.29. The van der Waals surface area contributed by atoms with Crippen molar-refractivity contribution >= 4 is 0 Å². The van der Waals surface area contributed by atoms with Crippen LogP contribution >= 0.6 is 0 Å². The molecule has 0 amide bonds. The number of methoxy groups -OCH3 is 1. The average Bonchev–Trinajstić information content (AvgIpc) is 2.25. The van der Waals surface area contributed by atoms with Crippen LogP contribution in [0.5, 0.6) is 0 Å². The highest BCUT2D eigenvalue weighted by atomic mass is 16.5. The second kappa shape index (κ2) is 5.03. The first-order chi connectivity index (χ1) is 7.70. The van der Waals surface area contributed by atoms with Crippen molar-refractivity contribution in [1.82, 2.24) is 4.90 Å². The molecule has 2 N–H and O–H groups in total. The van der Waals surface area contributed by atoms with Crippen LogP contribution in [-0.4, -0.2) is 43.8 Å². The summed E-state index contributed by atoms with van der Waals surface area (Å²) in [5.41, 5.74) is 6.35. The highest BCUT2D eigenvalue weighted by Crippen LogP contribution is 2.43. The van der Waals surface area contributed by atoms with Gasteiger partial charge in [-0.1, -0.05) is 6.92 Å². The standard InChI is InChI=1S/C13H26N2O/c1-11-6-13(7-11,10-14)15-5-3-4-12(8-15)9-16-2/h11-12H,3-10,14H2,1-2H3. The number of nitrogens with zero attached hydrogens (tertiary/aromatic N) is 1. The molecular weight excluding hydrogens is 200 g/mol. The van der Waals surface area contributed by atoms with E-state index >= 15 is 0 Å². The minimum absolute atomic E-state index is 0.339. The third-order valence-electron chi connectivity index (χ3n) is 4.43. The molecule has 1 saturated carbocycles. The summed E-state index contributed by atoms with van der Waals surface area (Å²) in [7, 11) is 1.81. The molecule has 0 spiro atoms. The zero-order valence-electron chi connectivity index (χ0n) is 10.7. The molecule has 2 fully saturated rings. The van der Waals surface area contributed by atoms with Gasteiger partial charge in [-0.2, -0.15) is 0 Å². The smallest absolute Gasteiger partial charge is 0.0502 e. The SMILES string of the molecule is COCC1CCCN(C2(CN)CC(C)C2)C1. The number of rotatable bonds is 4. The molecule has 0 aromatic rings. The molecule has 2 rings (SSSR count). The summed E-state index contributed by atoms with van der Waals surface area (Å²) in [6.07, 6.45) is 5.22. The van der Waals surface area contributed by atoms with Crippen LogP contribution in [-0.2, 0) is 4.74 Å².